The minimum absolute atomic E-state index is 0.00506. The van der Waals surface area contributed by atoms with Crippen LogP contribution in [0.4, 0.5) is 0 Å². The molecule has 4 unspecified atom stereocenters. The van der Waals surface area contributed by atoms with E-state index in [9.17, 15) is 4.79 Å². The number of fused-ring (bicyclic) bond motifs is 1. The average molecular weight is 392 g/mol. The van der Waals surface area contributed by atoms with E-state index in [1.54, 1.807) is 36.8 Å². The van der Waals surface area contributed by atoms with E-state index >= 15 is 0 Å². The quantitative estimate of drug-likeness (QED) is 0.823. The average Bonchev–Trinajstić information content (AvgIpc) is 3.09. The Balaban J connectivity index is 1.55. The van der Waals surface area contributed by atoms with E-state index < -0.39 is 0 Å². The van der Waals surface area contributed by atoms with Gasteiger partial charge in [0.1, 0.15) is 0 Å². The molecule has 8 heteroatoms. The fourth-order valence-electron chi connectivity index (χ4n) is 3.99. The third-order valence-electron chi connectivity index (χ3n) is 5.35. The molecule has 4 atom stereocenters. The largest absolute Gasteiger partial charge is 0.334 e. The van der Waals surface area contributed by atoms with Gasteiger partial charge < -0.3 is 4.90 Å². The van der Waals surface area contributed by atoms with Crippen LogP contribution in [0.25, 0.3) is 0 Å². The number of carbonyl (C=O) groups excluding carboxylic acids is 1. The Morgan fingerprint density at radius 2 is 2.12 bits per heavy atom. The number of hydrogen-bond donors (Lipinski definition) is 2. The number of hydrazine groups is 1. The zero-order valence-electron chi connectivity index (χ0n) is 14.2. The maximum absolute atomic E-state index is 13.0. The number of halogens is 2. The summed E-state index contributed by atoms with van der Waals surface area (Å²) in [5, 5.41) is 0.701. The van der Waals surface area contributed by atoms with Crippen molar-refractivity contribution in [1.82, 2.24) is 25.7 Å². The van der Waals surface area contributed by atoms with Gasteiger partial charge in [0, 0.05) is 36.9 Å². The Morgan fingerprint density at radius 3 is 2.88 bits per heavy atom. The van der Waals surface area contributed by atoms with Crippen molar-refractivity contribution in [2.45, 2.75) is 31.5 Å². The van der Waals surface area contributed by atoms with Crippen LogP contribution in [0.3, 0.4) is 0 Å². The second kappa shape index (κ2) is 7.12. The Labute approximate surface area is 161 Å². The molecule has 2 fully saturated rings. The lowest BCUT2D eigenvalue weighted by molar-refractivity contribution is 0.0522. The first-order valence-corrected chi connectivity index (χ1v) is 9.35. The highest BCUT2D eigenvalue weighted by molar-refractivity contribution is 6.43. The van der Waals surface area contributed by atoms with Gasteiger partial charge in [0.05, 0.1) is 33.5 Å². The standard InChI is InChI=1S/C18H19Cl2N5O/c1-10-16-12(17(24-23-16)14-9-21-6-7-22-14)5-8-25(10)18(26)11-3-2-4-13(19)15(11)20/h2-4,6-7,9-10,12,16-17,23-24H,5,8H2,1H3. The molecule has 2 aromatic rings. The lowest BCUT2D eigenvalue weighted by Gasteiger charge is -2.41. The van der Waals surface area contributed by atoms with Gasteiger partial charge in [-0.1, -0.05) is 29.3 Å². The summed E-state index contributed by atoms with van der Waals surface area (Å²) >= 11 is 12.3. The van der Waals surface area contributed by atoms with Crippen molar-refractivity contribution < 1.29 is 4.79 Å². The normalized spacial score (nSPS) is 28.0. The van der Waals surface area contributed by atoms with Gasteiger partial charge in [-0.25, -0.2) is 5.43 Å². The molecule has 4 rings (SSSR count). The van der Waals surface area contributed by atoms with Gasteiger partial charge in [-0.3, -0.25) is 20.2 Å². The molecule has 0 radical (unpaired) electrons. The van der Waals surface area contributed by atoms with E-state index in [1.165, 1.54) is 0 Å². The molecule has 2 aliphatic heterocycles. The van der Waals surface area contributed by atoms with Gasteiger partial charge in [0.25, 0.3) is 5.91 Å². The molecule has 2 N–H and O–H groups in total. The molecule has 6 nitrogen and oxygen atoms in total. The lowest BCUT2D eigenvalue weighted by atomic mass is 9.82. The zero-order valence-corrected chi connectivity index (χ0v) is 15.7. The predicted octanol–water partition coefficient (Wildman–Crippen LogP) is 2.85. The van der Waals surface area contributed by atoms with Gasteiger partial charge in [-0.2, -0.15) is 0 Å². The van der Waals surface area contributed by atoms with Gasteiger partial charge >= 0.3 is 0 Å². The number of hydrogen-bond acceptors (Lipinski definition) is 5. The van der Waals surface area contributed by atoms with E-state index in [2.05, 4.69) is 27.7 Å². The highest BCUT2D eigenvalue weighted by Gasteiger charge is 2.46. The highest BCUT2D eigenvalue weighted by atomic mass is 35.5. The van der Waals surface area contributed by atoms with E-state index in [1.807, 2.05) is 4.90 Å². The first-order valence-electron chi connectivity index (χ1n) is 8.60. The van der Waals surface area contributed by atoms with Crippen LogP contribution in [0.15, 0.2) is 36.8 Å². The van der Waals surface area contributed by atoms with Crippen LogP contribution in [0.5, 0.6) is 0 Å². The second-order valence-electron chi connectivity index (χ2n) is 6.72. The van der Waals surface area contributed by atoms with Crippen molar-refractivity contribution in [2.75, 3.05) is 6.54 Å². The molecule has 1 aromatic heterocycles. The smallest absolute Gasteiger partial charge is 0.255 e. The van der Waals surface area contributed by atoms with E-state index in [-0.39, 0.29) is 24.0 Å². The van der Waals surface area contributed by atoms with Crippen LogP contribution in [0.2, 0.25) is 10.0 Å². The number of nitrogens with zero attached hydrogens (tertiary/aromatic N) is 3. The summed E-state index contributed by atoms with van der Waals surface area (Å²) < 4.78 is 0. The summed E-state index contributed by atoms with van der Waals surface area (Å²) in [6.07, 6.45) is 6.02. The first kappa shape index (κ1) is 17.7. The molecule has 0 saturated carbocycles. The van der Waals surface area contributed by atoms with Gasteiger partial charge in [0.15, 0.2) is 0 Å². The molecule has 0 aliphatic carbocycles. The molecular formula is C18H19Cl2N5O. The Hall–Kier alpha value is -1.73. The Morgan fingerprint density at radius 1 is 1.27 bits per heavy atom. The molecular weight excluding hydrogens is 373 g/mol. The maximum Gasteiger partial charge on any atom is 0.255 e. The molecule has 2 saturated heterocycles. The monoisotopic (exact) mass is 391 g/mol. The van der Waals surface area contributed by atoms with Crippen molar-refractivity contribution in [3.8, 4) is 0 Å². The van der Waals surface area contributed by atoms with E-state index in [4.69, 9.17) is 23.2 Å². The Bertz CT molecular complexity index is 818. The van der Waals surface area contributed by atoms with Gasteiger partial charge in [-0.15, -0.1) is 0 Å². The summed E-state index contributed by atoms with van der Waals surface area (Å²) in [5.41, 5.74) is 8.04. The van der Waals surface area contributed by atoms with Crippen LogP contribution in [0.1, 0.15) is 35.4 Å². The zero-order chi connectivity index (χ0) is 18.3. The minimum atomic E-state index is -0.0896. The number of amides is 1. The van der Waals surface area contributed by atoms with Crippen LogP contribution in [-0.4, -0.2) is 39.4 Å². The van der Waals surface area contributed by atoms with Crippen LogP contribution < -0.4 is 10.9 Å². The summed E-state index contributed by atoms with van der Waals surface area (Å²) in [6.45, 7) is 2.71. The van der Waals surface area contributed by atoms with E-state index in [0.29, 0.717) is 28.1 Å². The summed E-state index contributed by atoms with van der Waals surface area (Å²) in [7, 11) is 0. The third-order valence-corrected chi connectivity index (χ3v) is 6.17. The highest BCUT2D eigenvalue weighted by Crippen LogP contribution is 2.37. The molecule has 1 aromatic carbocycles. The minimum Gasteiger partial charge on any atom is -0.334 e. The SMILES string of the molecule is CC1C2NNC(c3cnccn3)C2CCN1C(=O)c1cccc(Cl)c1Cl. The number of nitrogens with one attached hydrogen (secondary N) is 2. The summed E-state index contributed by atoms with van der Waals surface area (Å²) in [4.78, 5) is 23.5. The van der Waals surface area contributed by atoms with Crippen LogP contribution in [-0.2, 0) is 0 Å². The van der Waals surface area contributed by atoms with Crippen molar-refractivity contribution >= 4 is 29.1 Å². The molecule has 0 spiro atoms. The second-order valence-corrected chi connectivity index (χ2v) is 7.50. The number of aromatic nitrogens is 2. The topological polar surface area (TPSA) is 70.2 Å². The van der Waals surface area contributed by atoms with Crippen LogP contribution >= 0.6 is 23.2 Å². The number of likely N-dealkylation sites (tertiary alicyclic amines) is 1. The van der Waals surface area contributed by atoms with Crippen molar-refractivity contribution in [3.63, 3.8) is 0 Å². The number of rotatable bonds is 2. The molecule has 2 aliphatic rings. The maximum atomic E-state index is 13.0. The number of carbonyl (C=O) groups is 1. The third kappa shape index (κ3) is 2.97. The van der Waals surface area contributed by atoms with Crippen molar-refractivity contribution in [1.29, 1.82) is 0 Å². The summed E-state index contributed by atoms with van der Waals surface area (Å²) in [6, 6.07) is 5.37. The number of benzene rings is 1. The molecule has 136 valence electrons. The number of piperidine rings is 1. The summed E-state index contributed by atoms with van der Waals surface area (Å²) in [5.74, 6) is 0.244. The molecule has 0 bridgehead atoms. The van der Waals surface area contributed by atoms with E-state index in [0.717, 1.165) is 12.1 Å². The fourth-order valence-corrected chi connectivity index (χ4v) is 4.37. The van der Waals surface area contributed by atoms with Gasteiger partial charge in [0.2, 0.25) is 0 Å². The fraction of sp³-hybridized carbons (Fsp3) is 0.389. The molecule has 1 amide bonds. The first-order chi connectivity index (χ1) is 12.6. The van der Waals surface area contributed by atoms with Crippen molar-refractivity contribution in [3.05, 3.63) is 58.1 Å². The molecule has 26 heavy (non-hydrogen) atoms. The van der Waals surface area contributed by atoms with Crippen LogP contribution in [0, 0.1) is 5.92 Å². The lowest BCUT2D eigenvalue weighted by Crippen LogP contribution is -2.56. The Kier molecular flexibility index (Phi) is 4.84. The molecule has 3 heterocycles. The predicted molar refractivity (Wildman–Crippen MR) is 99.9 cm³/mol. The van der Waals surface area contributed by atoms with Crippen molar-refractivity contribution in [2.24, 2.45) is 5.92 Å². The van der Waals surface area contributed by atoms with Gasteiger partial charge in [-0.05, 0) is 25.5 Å².